The van der Waals surface area contributed by atoms with Crippen LogP contribution in [0.15, 0.2) is 18.3 Å². The topological polar surface area (TPSA) is 24.9 Å². The normalized spacial score (nSPS) is 14.3. The molecule has 1 rings (SSSR count). The third-order valence-electron chi connectivity index (χ3n) is 4.12. The number of unbranched alkanes of at least 4 members (excludes halogenated alkanes) is 1. The van der Waals surface area contributed by atoms with Gasteiger partial charge in [0.2, 0.25) is 0 Å². The molecule has 1 heterocycles. The smallest absolute Gasteiger partial charge is 0.0419 e. The summed E-state index contributed by atoms with van der Waals surface area (Å²) in [5, 5.41) is 3.50. The fourth-order valence-electron chi connectivity index (χ4n) is 2.67. The summed E-state index contributed by atoms with van der Waals surface area (Å²) < 4.78 is 0. The number of hydrogen-bond donors (Lipinski definition) is 1. The van der Waals surface area contributed by atoms with Gasteiger partial charge in [0.25, 0.3) is 0 Å². The van der Waals surface area contributed by atoms with Crippen molar-refractivity contribution in [3.8, 4) is 0 Å². The van der Waals surface area contributed by atoms with Crippen molar-refractivity contribution < 1.29 is 0 Å². The lowest BCUT2D eigenvalue weighted by atomic mass is 9.88. The van der Waals surface area contributed by atoms with Crippen molar-refractivity contribution in [2.75, 3.05) is 7.05 Å². The van der Waals surface area contributed by atoms with Gasteiger partial charge in [0.1, 0.15) is 0 Å². The Bertz CT molecular complexity index is 332. The molecule has 2 nitrogen and oxygen atoms in total. The predicted molar refractivity (Wildman–Crippen MR) is 83.5 cm³/mol. The van der Waals surface area contributed by atoms with Gasteiger partial charge in [-0.1, -0.05) is 46.1 Å². The van der Waals surface area contributed by atoms with E-state index in [1.165, 1.54) is 36.9 Å². The van der Waals surface area contributed by atoms with Gasteiger partial charge >= 0.3 is 0 Å². The number of aryl methyl sites for hydroxylation is 1. The van der Waals surface area contributed by atoms with E-state index >= 15 is 0 Å². The second kappa shape index (κ2) is 9.08. The first kappa shape index (κ1) is 16.2. The SMILES string of the molecule is CCCCC(CC)C(Cc1ccc(CC)cn1)NC. The number of nitrogens with one attached hydrogen (secondary N) is 1. The molecule has 19 heavy (non-hydrogen) atoms. The maximum Gasteiger partial charge on any atom is 0.0419 e. The van der Waals surface area contributed by atoms with Crippen molar-refractivity contribution in [3.63, 3.8) is 0 Å². The van der Waals surface area contributed by atoms with Gasteiger partial charge in [-0.05, 0) is 37.4 Å². The molecule has 2 heteroatoms. The van der Waals surface area contributed by atoms with Crippen LogP contribution >= 0.6 is 0 Å². The minimum Gasteiger partial charge on any atom is -0.316 e. The summed E-state index contributed by atoms with van der Waals surface area (Å²) in [6.45, 7) is 6.75. The third kappa shape index (κ3) is 5.32. The van der Waals surface area contributed by atoms with E-state index in [9.17, 15) is 0 Å². The predicted octanol–water partition coefficient (Wildman–Crippen LogP) is 3.99. The average molecular weight is 262 g/mol. The Balaban J connectivity index is 2.62. The molecule has 2 atom stereocenters. The minimum atomic E-state index is 0.552. The highest BCUT2D eigenvalue weighted by molar-refractivity contribution is 5.14. The van der Waals surface area contributed by atoms with E-state index in [4.69, 9.17) is 0 Å². The van der Waals surface area contributed by atoms with E-state index in [1.54, 1.807) is 0 Å². The molecule has 1 aromatic heterocycles. The van der Waals surface area contributed by atoms with Crippen molar-refractivity contribution in [1.82, 2.24) is 10.3 Å². The largest absolute Gasteiger partial charge is 0.316 e. The number of likely N-dealkylation sites (N-methyl/N-ethyl adjacent to an activating group) is 1. The standard InChI is InChI=1S/C17H30N2/c1-5-8-9-15(7-3)17(18-4)12-16-11-10-14(6-2)13-19-16/h10-11,13,15,17-18H,5-9,12H2,1-4H3. The molecule has 0 saturated carbocycles. The first-order valence-corrected chi connectivity index (χ1v) is 7.86. The lowest BCUT2D eigenvalue weighted by Crippen LogP contribution is -2.35. The highest BCUT2D eigenvalue weighted by Gasteiger charge is 2.18. The van der Waals surface area contributed by atoms with Crippen molar-refractivity contribution in [2.24, 2.45) is 5.92 Å². The highest BCUT2D eigenvalue weighted by Crippen LogP contribution is 2.19. The summed E-state index contributed by atoms with van der Waals surface area (Å²) in [4.78, 5) is 4.59. The van der Waals surface area contributed by atoms with E-state index in [0.717, 1.165) is 18.8 Å². The fraction of sp³-hybridized carbons (Fsp3) is 0.706. The van der Waals surface area contributed by atoms with Crippen LogP contribution < -0.4 is 5.32 Å². The van der Waals surface area contributed by atoms with Crippen molar-refractivity contribution >= 4 is 0 Å². The first-order chi connectivity index (χ1) is 9.24. The minimum absolute atomic E-state index is 0.552. The van der Waals surface area contributed by atoms with Gasteiger partial charge in [0, 0.05) is 24.4 Å². The van der Waals surface area contributed by atoms with Crippen molar-refractivity contribution in [3.05, 3.63) is 29.6 Å². The van der Waals surface area contributed by atoms with Crippen molar-refractivity contribution in [1.29, 1.82) is 0 Å². The van der Waals surface area contributed by atoms with Gasteiger partial charge in [-0.2, -0.15) is 0 Å². The highest BCUT2D eigenvalue weighted by atomic mass is 14.9. The molecule has 0 aliphatic heterocycles. The lowest BCUT2D eigenvalue weighted by molar-refractivity contribution is 0.328. The second-order valence-electron chi connectivity index (χ2n) is 5.42. The van der Waals surface area contributed by atoms with Crippen LogP contribution in [0, 0.1) is 5.92 Å². The Morgan fingerprint density at radius 2 is 2.00 bits per heavy atom. The molecule has 0 aliphatic carbocycles. The quantitative estimate of drug-likeness (QED) is 0.728. The summed E-state index contributed by atoms with van der Waals surface area (Å²) in [7, 11) is 2.08. The van der Waals surface area contributed by atoms with Gasteiger partial charge in [0.15, 0.2) is 0 Å². The molecule has 1 aromatic rings. The summed E-state index contributed by atoms with van der Waals surface area (Å²) in [5.74, 6) is 0.762. The molecule has 0 spiro atoms. The molecule has 0 fully saturated rings. The van der Waals surface area contributed by atoms with Crippen LogP contribution in [0.5, 0.6) is 0 Å². The Labute approximate surface area is 119 Å². The molecule has 0 aliphatic rings. The van der Waals surface area contributed by atoms with Crippen LogP contribution in [-0.2, 0) is 12.8 Å². The summed E-state index contributed by atoms with van der Waals surface area (Å²) in [6.07, 6.45) is 9.33. The Morgan fingerprint density at radius 3 is 2.47 bits per heavy atom. The number of nitrogens with zero attached hydrogens (tertiary/aromatic N) is 1. The summed E-state index contributed by atoms with van der Waals surface area (Å²) >= 11 is 0. The average Bonchev–Trinajstić information content (AvgIpc) is 2.47. The molecule has 2 unspecified atom stereocenters. The maximum absolute atomic E-state index is 4.59. The van der Waals surface area contributed by atoms with Crippen molar-refractivity contribution in [2.45, 2.75) is 65.3 Å². The molecule has 1 N–H and O–H groups in total. The van der Waals surface area contributed by atoms with Gasteiger partial charge in [-0.3, -0.25) is 4.98 Å². The number of rotatable bonds is 9. The fourth-order valence-corrected chi connectivity index (χ4v) is 2.67. The van der Waals surface area contributed by atoms with E-state index < -0.39 is 0 Å². The van der Waals surface area contributed by atoms with Crippen LogP contribution in [0.2, 0.25) is 0 Å². The van der Waals surface area contributed by atoms with Crippen LogP contribution in [-0.4, -0.2) is 18.1 Å². The Hall–Kier alpha value is -0.890. The second-order valence-corrected chi connectivity index (χ2v) is 5.42. The molecule has 0 radical (unpaired) electrons. The van der Waals surface area contributed by atoms with Crippen LogP contribution in [0.1, 0.15) is 57.7 Å². The van der Waals surface area contributed by atoms with E-state index in [1.807, 2.05) is 6.20 Å². The maximum atomic E-state index is 4.59. The molecule has 0 saturated heterocycles. The number of aromatic nitrogens is 1. The Kier molecular flexibility index (Phi) is 7.73. The monoisotopic (exact) mass is 262 g/mol. The van der Waals surface area contributed by atoms with E-state index in [2.05, 4.69) is 50.3 Å². The molecular formula is C17H30N2. The summed E-state index contributed by atoms with van der Waals surface area (Å²) in [5.41, 5.74) is 2.54. The van der Waals surface area contributed by atoms with Crippen LogP contribution in [0.25, 0.3) is 0 Å². The molecule has 0 bridgehead atoms. The zero-order chi connectivity index (χ0) is 14.1. The molecule has 108 valence electrons. The Morgan fingerprint density at radius 1 is 1.21 bits per heavy atom. The van der Waals surface area contributed by atoms with Gasteiger partial charge in [-0.25, -0.2) is 0 Å². The number of pyridine rings is 1. The van der Waals surface area contributed by atoms with Crippen LogP contribution in [0.3, 0.4) is 0 Å². The first-order valence-electron chi connectivity index (χ1n) is 7.86. The lowest BCUT2D eigenvalue weighted by Gasteiger charge is -2.25. The summed E-state index contributed by atoms with van der Waals surface area (Å²) in [6, 6.07) is 4.95. The third-order valence-corrected chi connectivity index (χ3v) is 4.12. The molecule has 0 amide bonds. The number of hydrogen-bond acceptors (Lipinski definition) is 2. The molecular weight excluding hydrogens is 232 g/mol. The molecule has 0 aromatic carbocycles. The van der Waals surface area contributed by atoms with Crippen LogP contribution in [0.4, 0.5) is 0 Å². The zero-order valence-corrected chi connectivity index (χ0v) is 13.1. The van der Waals surface area contributed by atoms with E-state index in [0.29, 0.717) is 6.04 Å². The zero-order valence-electron chi connectivity index (χ0n) is 13.1. The van der Waals surface area contributed by atoms with Gasteiger partial charge in [0.05, 0.1) is 0 Å². The van der Waals surface area contributed by atoms with E-state index in [-0.39, 0.29) is 0 Å². The van der Waals surface area contributed by atoms with Gasteiger partial charge < -0.3 is 5.32 Å². The van der Waals surface area contributed by atoms with Gasteiger partial charge in [-0.15, -0.1) is 0 Å².